The average Bonchev–Trinajstić information content (AvgIpc) is 3.98. The summed E-state index contributed by atoms with van der Waals surface area (Å²) < 4.78 is 37.5. The highest BCUT2D eigenvalue weighted by atomic mass is 35.5. The van der Waals surface area contributed by atoms with Gasteiger partial charge < -0.3 is 45.6 Å². The van der Waals surface area contributed by atoms with E-state index >= 15 is 0 Å². The van der Waals surface area contributed by atoms with Crippen molar-refractivity contribution in [3.05, 3.63) is 99.8 Å². The van der Waals surface area contributed by atoms with E-state index in [4.69, 9.17) is 21.1 Å². The first-order valence-corrected chi connectivity index (χ1v) is 27.3. The number of aliphatic hydroxyl groups is 1. The Morgan fingerprint density at radius 1 is 0.959 bits per heavy atom. The molecule has 0 spiro atoms. The van der Waals surface area contributed by atoms with Crippen molar-refractivity contribution in [3.8, 4) is 16.2 Å². The van der Waals surface area contributed by atoms with Gasteiger partial charge in [0.15, 0.2) is 15.7 Å². The quantitative estimate of drug-likeness (QED) is 0.0418. The van der Waals surface area contributed by atoms with E-state index in [1.165, 1.54) is 24.3 Å². The molecule has 1 aliphatic rings. The highest BCUT2D eigenvalue weighted by Gasteiger charge is 2.44. The summed E-state index contributed by atoms with van der Waals surface area (Å²) in [5.41, 5.74) is 6.70. The minimum absolute atomic E-state index is 0.0128. The fourth-order valence-corrected chi connectivity index (χ4v) is 10.5. The van der Waals surface area contributed by atoms with Crippen molar-refractivity contribution in [3.63, 3.8) is 0 Å². The minimum Gasteiger partial charge on any atom is -0.495 e. The number of ether oxygens (including phenoxy) is 2. The zero-order chi connectivity index (χ0) is 54.1. The molecule has 18 nitrogen and oxygen atoms in total. The summed E-state index contributed by atoms with van der Waals surface area (Å²) in [4.78, 5) is 71.6. The molecule has 4 amide bonds. The number of benzene rings is 3. The molecule has 0 unspecified atom stereocenters. The number of anilines is 4. The second kappa shape index (κ2) is 24.9. The van der Waals surface area contributed by atoms with Gasteiger partial charge in [0.05, 0.1) is 82.7 Å². The maximum Gasteiger partial charge on any atom is 0.246 e. The van der Waals surface area contributed by atoms with Gasteiger partial charge >= 0.3 is 0 Å². The van der Waals surface area contributed by atoms with Crippen LogP contribution in [0.1, 0.15) is 89.2 Å². The van der Waals surface area contributed by atoms with Crippen LogP contribution in [0.4, 0.5) is 23.1 Å². The molecular formula is C53H68ClN9O9S2. The molecule has 5 aromatic rings. The molecule has 0 aliphatic carbocycles. The maximum absolute atomic E-state index is 14.1. The summed E-state index contributed by atoms with van der Waals surface area (Å²) in [6, 6.07) is 15.9. The molecule has 21 heteroatoms. The summed E-state index contributed by atoms with van der Waals surface area (Å²) in [6.07, 6.45) is 1.11. The Morgan fingerprint density at radius 3 is 2.32 bits per heavy atom. The summed E-state index contributed by atoms with van der Waals surface area (Å²) in [5, 5.41) is 22.3. The molecule has 0 saturated carbocycles. The number of likely N-dealkylation sites (N-methyl/N-ethyl adjacent to an activating group) is 1. The third-order valence-corrected chi connectivity index (χ3v) is 16.3. The van der Waals surface area contributed by atoms with Crippen LogP contribution in [0.3, 0.4) is 0 Å². The van der Waals surface area contributed by atoms with Gasteiger partial charge in [-0.05, 0) is 93.0 Å². The van der Waals surface area contributed by atoms with Crippen LogP contribution >= 0.6 is 22.9 Å². The molecule has 2 aromatic heterocycles. The lowest BCUT2D eigenvalue weighted by molar-refractivity contribution is -0.144. The number of thiazole rings is 1. The molecule has 4 atom stereocenters. The van der Waals surface area contributed by atoms with E-state index in [1.54, 1.807) is 60.8 Å². The number of para-hydroxylation sites is 1. The fraction of sp³-hybridized carbons (Fsp3) is 0.453. The molecule has 398 valence electrons. The number of β-amino-alcohol motifs (C(OH)–C–C–N with tert-alkyl or cyclic N) is 1. The number of sulfone groups is 1. The Labute approximate surface area is 442 Å². The standard InChI is InChI=1S/C53H68ClN9O9S2/c1-31(2)74(69,70)44-14-12-11-13-40(44)58-49-39(54)28-55-52(61-49)59-41-25-32(3)37(26-43(41)71-10)19-22-62(9)46(66)21-24-72-23-20-45(65)60-48(53(6,7)8)51(68)63-29-38(64)27-42(63)50(67)57-33(4)35-15-17-36(18-16-35)47-34(5)56-30-73-47/h11-18,25-26,28,30-31,33,38,42,48,64H,19-24,27,29H2,1-10H3,(H,57,67)(H,60,65)(H2,55,58,59,61)/t33-,38+,42-,48+/m0/s1. The predicted octanol–water partition coefficient (Wildman–Crippen LogP) is 7.72. The number of aromatic nitrogens is 3. The van der Waals surface area contributed by atoms with E-state index in [1.807, 2.05) is 77.9 Å². The van der Waals surface area contributed by atoms with Crippen LogP contribution in [0.25, 0.3) is 10.4 Å². The van der Waals surface area contributed by atoms with Crippen LogP contribution in [0, 0.1) is 19.3 Å². The number of aryl methyl sites for hydroxylation is 2. The van der Waals surface area contributed by atoms with Crippen molar-refractivity contribution in [2.24, 2.45) is 5.41 Å². The first-order chi connectivity index (χ1) is 35.0. The van der Waals surface area contributed by atoms with Gasteiger partial charge in [-0.2, -0.15) is 4.98 Å². The van der Waals surface area contributed by atoms with Crippen molar-refractivity contribution in [1.82, 2.24) is 35.4 Å². The predicted molar refractivity (Wildman–Crippen MR) is 288 cm³/mol. The normalized spacial score (nSPS) is 15.6. The van der Waals surface area contributed by atoms with Crippen LogP contribution in [0.15, 0.2) is 77.3 Å². The van der Waals surface area contributed by atoms with E-state index in [0.717, 1.165) is 32.8 Å². The van der Waals surface area contributed by atoms with E-state index < -0.39 is 56.4 Å². The highest BCUT2D eigenvalue weighted by Crippen LogP contribution is 2.34. The zero-order valence-electron chi connectivity index (χ0n) is 43.6. The third-order valence-electron chi connectivity index (χ3n) is 12.9. The fourth-order valence-electron chi connectivity index (χ4n) is 8.38. The monoisotopic (exact) mass is 1070 g/mol. The molecule has 3 aromatic carbocycles. The number of nitrogens with zero attached hydrogens (tertiary/aromatic N) is 5. The molecule has 1 aliphatic heterocycles. The van der Waals surface area contributed by atoms with Crippen molar-refractivity contribution in [2.75, 3.05) is 51.1 Å². The van der Waals surface area contributed by atoms with Crippen molar-refractivity contribution in [2.45, 2.75) is 115 Å². The summed E-state index contributed by atoms with van der Waals surface area (Å²) >= 11 is 8.02. The lowest BCUT2D eigenvalue weighted by Gasteiger charge is -2.35. The van der Waals surface area contributed by atoms with Gasteiger partial charge in [0.1, 0.15) is 22.9 Å². The molecule has 0 radical (unpaired) electrons. The zero-order valence-corrected chi connectivity index (χ0v) is 46.0. The van der Waals surface area contributed by atoms with Gasteiger partial charge in [-0.25, -0.2) is 18.4 Å². The Bertz CT molecular complexity index is 2910. The number of methoxy groups -OCH3 is 1. The summed E-state index contributed by atoms with van der Waals surface area (Å²) in [6.45, 7) is 14.9. The summed E-state index contributed by atoms with van der Waals surface area (Å²) in [5.74, 6) is -0.541. The number of carbonyl (C=O) groups excluding carboxylic acids is 4. The van der Waals surface area contributed by atoms with Gasteiger partial charge in [-0.15, -0.1) is 11.3 Å². The summed E-state index contributed by atoms with van der Waals surface area (Å²) in [7, 11) is -0.364. The number of rotatable bonds is 22. The Morgan fingerprint density at radius 2 is 1.66 bits per heavy atom. The van der Waals surface area contributed by atoms with E-state index in [9.17, 15) is 32.7 Å². The lowest BCUT2D eigenvalue weighted by atomic mass is 9.85. The second-order valence-electron chi connectivity index (χ2n) is 19.8. The van der Waals surface area contributed by atoms with Crippen LogP contribution in [-0.4, -0.2) is 126 Å². The van der Waals surface area contributed by atoms with Gasteiger partial charge in [-0.1, -0.05) is 68.8 Å². The van der Waals surface area contributed by atoms with Gasteiger partial charge in [0, 0.05) is 33.0 Å². The number of hydrogen-bond acceptors (Lipinski definition) is 15. The number of nitrogens with one attached hydrogen (secondary N) is 4. The van der Waals surface area contributed by atoms with Crippen LogP contribution < -0.4 is 26.0 Å². The van der Waals surface area contributed by atoms with Crippen molar-refractivity contribution >= 4 is 79.5 Å². The second-order valence-corrected chi connectivity index (χ2v) is 23.5. The molecule has 1 saturated heterocycles. The SMILES string of the molecule is COc1cc(CCN(C)C(=O)CCOCCC(=O)N[C@H](C(=O)N2C[C@H](O)C[C@H]2C(=O)N[C@@H](C)c2ccc(-c3scnc3C)cc2)C(C)(C)C)c(C)cc1Nc1ncc(Cl)c(Nc2ccccc2S(=O)(=O)C(C)C)n1. The maximum atomic E-state index is 14.1. The number of hydrogen-bond donors (Lipinski definition) is 5. The van der Waals surface area contributed by atoms with Crippen LogP contribution in [-0.2, 0) is 40.2 Å². The van der Waals surface area contributed by atoms with Crippen molar-refractivity contribution in [1.29, 1.82) is 0 Å². The average molecular weight is 1070 g/mol. The molecular weight excluding hydrogens is 1010 g/mol. The molecule has 74 heavy (non-hydrogen) atoms. The van der Waals surface area contributed by atoms with E-state index in [-0.39, 0.29) is 72.7 Å². The van der Waals surface area contributed by atoms with E-state index in [2.05, 4.69) is 36.2 Å². The highest BCUT2D eigenvalue weighted by molar-refractivity contribution is 7.92. The number of amides is 4. The molecule has 5 N–H and O–H groups in total. The number of carbonyl (C=O) groups is 4. The number of halogens is 1. The first-order valence-electron chi connectivity index (χ1n) is 24.5. The van der Waals surface area contributed by atoms with Crippen molar-refractivity contribution < 1.29 is 42.2 Å². The van der Waals surface area contributed by atoms with Gasteiger partial charge in [0.2, 0.25) is 29.6 Å². The molecule has 0 bridgehead atoms. The van der Waals surface area contributed by atoms with E-state index in [0.29, 0.717) is 30.1 Å². The minimum atomic E-state index is -3.61. The molecule has 6 rings (SSSR count). The molecule has 1 fully saturated rings. The topological polar surface area (TPSA) is 234 Å². The lowest BCUT2D eigenvalue weighted by Crippen LogP contribution is -2.58. The van der Waals surface area contributed by atoms with Crippen LogP contribution in [0.2, 0.25) is 5.02 Å². The van der Waals surface area contributed by atoms with Gasteiger partial charge in [0.25, 0.3) is 0 Å². The third kappa shape index (κ3) is 14.3. The molecule has 3 heterocycles. The Hall–Kier alpha value is -6.19. The number of aliphatic hydroxyl groups excluding tert-OH is 1. The first kappa shape index (κ1) is 57.1. The van der Waals surface area contributed by atoms with Gasteiger partial charge in [-0.3, -0.25) is 19.2 Å². The smallest absolute Gasteiger partial charge is 0.246 e. The largest absolute Gasteiger partial charge is 0.495 e. The Kier molecular flexibility index (Phi) is 19.2. The number of likely N-dealkylation sites (tertiary alicyclic amines) is 1. The Balaban J connectivity index is 0.956. The van der Waals surface area contributed by atoms with Crippen LogP contribution in [0.5, 0.6) is 5.75 Å².